The van der Waals surface area contributed by atoms with E-state index in [2.05, 4.69) is 67.3 Å². The van der Waals surface area contributed by atoms with Gasteiger partial charge in [0.1, 0.15) is 5.01 Å². The first-order valence-electron chi connectivity index (χ1n) is 8.02. The summed E-state index contributed by atoms with van der Waals surface area (Å²) in [6.07, 6.45) is 3.08. The number of guanidine groups is 1. The van der Waals surface area contributed by atoms with Gasteiger partial charge in [-0.25, -0.2) is 9.98 Å². The first kappa shape index (κ1) is 18.9. The second-order valence-corrected chi connectivity index (χ2v) is 7.51. The van der Waals surface area contributed by atoms with E-state index in [1.807, 2.05) is 6.20 Å². The number of thiazole rings is 1. The van der Waals surface area contributed by atoms with Crippen molar-refractivity contribution < 1.29 is 0 Å². The lowest BCUT2D eigenvalue weighted by atomic mass is 10.0. The molecule has 0 amide bonds. The summed E-state index contributed by atoms with van der Waals surface area (Å²) < 4.78 is 0. The third-order valence-corrected chi connectivity index (χ3v) is 4.26. The summed E-state index contributed by atoms with van der Waals surface area (Å²) in [6.45, 7) is 11.1. The van der Waals surface area contributed by atoms with Crippen molar-refractivity contribution in [3.05, 3.63) is 16.1 Å². The zero-order valence-electron chi connectivity index (χ0n) is 14.8. The molecule has 0 fully saturated rings. The van der Waals surface area contributed by atoms with Gasteiger partial charge in [0, 0.05) is 30.2 Å². The van der Waals surface area contributed by atoms with Crippen LogP contribution in [0.4, 0.5) is 0 Å². The van der Waals surface area contributed by atoms with Gasteiger partial charge in [0.25, 0.3) is 0 Å². The van der Waals surface area contributed by atoms with Crippen molar-refractivity contribution in [1.82, 2.24) is 20.5 Å². The summed E-state index contributed by atoms with van der Waals surface area (Å²) in [7, 11) is 4.27. The van der Waals surface area contributed by atoms with Gasteiger partial charge in [-0.2, -0.15) is 0 Å². The molecule has 0 aliphatic carbocycles. The van der Waals surface area contributed by atoms with Crippen molar-refractivity contribution in [1.29, 1.82) is 0 Å². The molecule has 0 saturated heterocycles. The number of aliphatic imine (C=N–C) groups is 1. The van der Waals surface area contributed by atoms with E-state index in [1.165, 1.54) is 11.3 Å². The molecule has 0 spiro atoms. The Kier molecular flexibility index (Phi) is 8.42. The number of nitrogens with one attached hydrogen (secondary N) is 2. The summed E-state index contributed by atoms with van der Waals surface area (Å²) in [5.41, 5.74) is 0. The van der Waals surface area contributed by atoms with Gasteiger partial charge in [0.15, 0.2) is 5.96 Å². The second-order valence-electron chi connectivity index (χ2n) is 6.19. The highest BCUT2D eigenvalue weighted by Crippen LogP contribution is 2.12. The van der Waals surface area contributed by atoms with Crippen LogP contribution in [-0.2, 0) is 6.54 Å². The van der Waals surface area contributed by atoms with Crippen LogP contribution < -0.4 is 10.6 Å². The maximum atomic E-state index is 4.63. The summed E-state index contributed by atoms with van der Waals surface area (Å²) in [5.74, 6) is 1.55. The van der Waals surface area contributed by atoms with E-state index in [0.717, 1.165) is 24.1 Å². The smallest absolute Gasteiger partial charge is 0.191 e. The van der Waals surface area contributed by atoms with E-state index >= 15 is 0 Å². The number of rotatable bonds is 8. The van der Waals surface area contributed by atoms with Crippen LogP contribution in [0.25, 0.3) is 0 Å². The molecule has 6 heteroatoms. The molecule has 5 nitrogen and oxygen atoms in total. The van der Waals surface area contributed by atoms with Crippen LogP contribution in [0.2, 0.25) is 0 Å². The van der Waals surface area contributed by atoms with Gasteiger partial charge < -0.3 is 15.5 Å². The largest absolute Gasteiger partial charge is 0.357 e. The highest BCUT2D eigenvalue weighted by molar-refractivity contribution is 7.11. The maximum Gasteiger partial charge on any atom is 0.191 e. The average molecular weight is 326 g/mol. The number of hydrogen-bond acceptors (Lipinski definition) is 4. The van der Waals surface area contributed by atoms with Crippen LogP contribution in [0.15, 0.2) is 11.2 Å². The molecule has 1 unspecified atom stereocenters. The Balaban J connectivity index is 2.58. The van der Waals surface area contributed by atoms with E-state index in [9.17, 15) is 0 Å². The molecule has 1 rings (SSSR count). The molecule has 2 N–H and O–H groups in total. The number of aryl methyl sites for hydroxylation is 1. The minimum Gasteiger partial charge on any atom is -0.357 e. The van der Waals surface area contributed by atoms with Gasteiger partial charge in [0.05, 0.1) is 6.54 Å². The maximum absolute atomic E-state index is 4.63. The summed E-state index contributed by atoms with van der Waals surface area (Å²) in [5, 5.41) is 7.82. The number of aromatic nitrogens is 1. The van der Waals surface area contributed by atoms with Crippen molar-refractivity contribution in [2.75, 3.05) is 27.2 Å². The molecule has 1 aromatic rings. The highest BCUT2D eigenvalue weighted by Gasteiger charge is 2.13. The quantitative estimate of drug-likeness (QED) is 0.569. The van der Waals surface area contributed by atoms with E-state index in [4.69, 9.17) is 0 Å². The molecule has 0 aliphatic rings. The average Bonchev–Trinajstić information content (AvgIpc) is 2.85. The minimum atomic E-state index is 0.506. The van der Waals surface area contributed by atoms with Crippen LogP contribution >= 0.6 is 11.3 Å². The van der Waals surface area contributed by atoms with E-state index < -0.39 is 0 Å². The molecule has 0 aromatic carbocycles. The third kappa shape index (κ3) is 7.22. The van der Waals surface area contributed by atoms with Gasteiger partial charge >= 0.3 is 0 Å². The normalized spacial score (nSPS) is 13.7. The topological polar surface area (TPSA) is 52.6 Å². The molecule has 1 atom stereocenters. The monoisotopic (exact) mass is 325 g/mol. The molecule has 0 aliphatic heterocycles. The van der Waals surface area contributed by atoms with Crippen LogP contribution in [0.3, 0.4) is 0 Å². The van der Waals surface area contributed by atoms with Crippen LogP contribution in [0.1, 0.15) is 37.1 Å². The number of nitrogens with zero attached hydrogens (tertiary/aromatic N) is 3. The van der Waals surface area contributed by atoms with Gasteiger partial charge in [0.2, 0.25) is 0 Å². The molecule has 0 saturated carbocycles. The van der Waals surface area contributed by atoms with Crippen molar-refractivity contribution in [3.63, 3.8) is 0 Å². The van der Waals surface area contributed by atoms with Gasteiger partial charge in [-0.1, -0.05) is 13.8 Å². The second kappa shape index (κ2) is 9.79. The van der Waals surface area contributed by atoms with Gasteiger partial charge in [-0.3, -0.25) is 0 Å². The Morgan fingerprint density at radius 1 is 1.36 bits per heavy atom. The van der Waals surface area contributed by atoms with Crippen molar-refractivity contribution >= 4 is 17.3 Å². The highest BCUT2D eigenvalue weighted by atomic mass is 32.1. The standard InChI is InChI=1S/C16H31N5S/c1-7-17-16(20-11-15-18-9-13(4)22-15)19-10-14(21(5)6)8-12(2)3/h9,12,14H,7-8,10-11H2,1-6H3,(H2,17,19,20). The van der Waals surface area contributed by atoms with Gasteiger partial charge in [-0.05, 0) is 40.3 Å². The summed E-state index contributed by atoms with van der Waals surface area (Å²) in [6, 6.07) is 0.506. The Hall–Kier alpha value is -1.14. The van der Waals surface area contributed by atoms with Crippen molar-refractivity contribution in [2.24, 2.45) is 10.9 Å². The molecule has 1 aromatic heterocycles. The fourth-order valence-corrected chi connectivity index (χ4v) is 2.91. The first-order valence-corrected chi connectivity index (χ1v) is 8.83. The summed E-state index contributed by atoms with van der Waals surface area (Å²) in [4.78, 5) is 12.5. The van der Waals surface area contributed by atoms with Crippen LogP contribution in [-0.4, -0.2) is 49.1 Å². The van der Waals surface area contributed by atoms with Crippen molar-refractivity contribution in [3.8, 4) is 0 Å². The first-order chi connectivity index (χ1) is 10.4. The molecule has 1 heterocycles. The fraction of sp³-hybridized carbons (Fsp3) is 0.750. The number of likely N-dealkylation sites (N-methyl/N-ethyl adjacent to an activating group) is 1. The Bertz CT molecular complexity index is 453. The minimum absolute atomic E-state index is 0.506. The predicted molar refractivity (Wildman–Crippen MR) is 96.6 cm³/mol. The molecule has 22 heavy (non-hydrogen) atoms. The van der Waals surface area contributed by atoms with E-state index in [0.29, 0.717) is 18.5 Å². The predicted octanol–water partition coefficient (Wildman–Crippen LogP) is 2.48. The Morgan fingerprint density at radius 3 is 2.59 bits per heavy atom. The lowest BCUT2D eigenvalue weighted by Crippen LogP contribution is -2.45. The Labute approximate surface area is 139 Å². The van der Waals surface area contributed by atoms with Crippen LogP contribution in [0, 0.1) is 12.8 Å². The Morgan fingerprint density at radius 2 is 2.09 bits per heavy atom. The SMILES string of the molecule is CCNC(=NCc1ncc(C)s1)NCC(CC(C)C)N(C)C. The van der Waals surface area contributed by atoms with Crippen LogP contribution in [0.5, 0.6) is 0 Å². The fourth-order valence-electron chi connectivity index (χ4n) is 2.20. The molecular weight excluding hydrogens is 294 g/mol. The molecule has 0 bridgehead atoms. The third-order valence-electron chi connectivity index (χ3n) is 3.36. The van der Waals surface area contributed by atoms with Gasteiger partial charge in [-0.15, -0.1) is 11.3 Å². The molecule has 126 valence electrons. The van der Waals surface area contributed by atoms with Crippen molar-refractivity contribution in [2.45, 2.75) is 46.7 Å². The lowest BCUT2D eigenvalue weighted by molar-refractivity contribution is 0.254. The zero-order valence-corrected chi connectivity index (χ0v) is 15.6. The zero-order chi connectivity index (χ0) is 16.5. The lowest BCUT2D eigenvalue weighted by Gasteiger charge is -2.27. The number of hydrogen-bond donors (Lipinski definition) is 2. The molecule has 0 radical (unpaired) electrons. The summed E-state index contributed by atoms with van der Waals surface area (Å²) >= 11 is 1.70. The molecular formula is C16H31N5S. The van der Waals surface area contributed by atoms with E-state index in [-0.39, 0.29) is 0 Å². The van der Waals surface area contributed by atoms with E-state index in [1.54, 1.807) is 11.3 Å².